The number of hydrogen-bond donors (Lipinski definition) is 6. The Morgan fingerprint density at radius 3 is 2.36 bits per heavy atom. The van der Waals surface area contributed by atoms with Crippen LogP contribution in [0.3, 0.4) is 0 Å². The zero-order valence-electron chi connectivity index (χ0n) is 22.1. The van der Waals surface area contributed by atoms with Gasteiger partial charge in [-0.05, 0) is 35.7 Å². The van der Waals surface area contributed by atoms with Crippen molar-refractivity contribution in [2.75, 3.05) is 36.5 Å². The SMILES string of the molecule is O=C(O)c1ccccc1N=Nc1c(S(=O)(=O)O)cc2cc(S(=O)(=O)O)cc(Nc3nc(N4CCOCC4)nc(=O)[nH]3)c2c1O. The van der Waals surface area contributed by atoms with Crippen LogP contribution < -0.4 is 15.9 Å². The Bertz CT molecular complexity index is 2110. The lowest BCUT2D eigenvalue weighted by Gasteiger charge is -2.26. The first kappa shape index (κ1) is 30.4. The number of carboxylic acid groups (broad SMARTS) is 1. The molecule has 18 nitrogen and oxygen atoms in total. The van der Waals surface area contributed by atoms with Crippen LogP contribution in [0.5, 0.6) is 5.75 Å². The van der Waals surface area contributed by atoms with Crippen LogP contribution in [0.25, 0.3) is 10.8 Å². The lowest BCUT2D eigenvalue weighted by molar-refractivity contribution is 0.0697. The van der Waals surface area contributed by atoms with Crippen molar-refractivity contribution in [2.45, 2.75) is 9.79 Å². The van der Waals surface area contributed by atoms with E-state index in [4.69, 9.17) is 4.74 Å². The second-order valence-corrected chi connectivity index (χ2v) is 12.0. The molecular formula is C24H21N7O11S2. The maximum Gasteiger partial charge on any atom is 0.351 e. The van der Waals surface area contributed by atoms with Crippen molar-refractivity contribution in [3.8, 4) is 5.75 Å². The number of ether oxygens (including phenoxy) is 1. The summed E-state index contributed by atoms with van der Waals surface area (Å²) in [6.07, 6.45) is 0. The van der Waals surface area contributed by atoms with E-state index in [1.165, 1.54) is 24.3 Å². The highest BCUT2D eigenvalue weighted by Gasteiger charge is 2.26. The predicted molar refractivity (Wildman–Crippen MR) is 152 cm³/mol. The first-order valence-corrected chi connectivity index (χ1v) is 15.2. The summed E-state index contributed by atoms with van der Waals surface area (Å²) >= 11 is 0. The molecule has 44 heavy (non-hydrogen) atoms. The van der Waals surface area contributed by atoms with E-state index in [0.29, 0.717) is 26.3 Å². The standard InChI is InChI=1S/C24H21N7O11S2/c32-20-18-12(10-17(44(39,40)41)19(20)30-29-15-4-2-1-3-14(15)21(33)34)9-13(43(36,37)38)11-16(18)25-22-26-23(28-24(35)27-22)31-5-7-42-8-6-31/h1-4,9-11,32H,5-8H2,(H,33,34)(H,36,37,38)(H,39,40,41)(H2,25,26,27,28,35). The van der Waals surface area contributed by atoms with Crippen LogP contribution in [0.15, 0.2) is 67.3 Å². The van der Waals surface area contributed by atoms with E-state index in [1.54, 1.807) is 4.90 Å². The van der Waals surface area contributed by atoms with Crippen molar-refractivity contribution in [2.24, 2.45) is 10.2 Å². The van der Waals surface area contributed by atoms with Gasteiger partial charge in [0.1, 0.15) is 16.3 Å². The van der Waals surface area contributed by atoms with Gasteiger partial charge in [-0.1, -0.05) is 12.1 Å². The zero-order valence-corrected chi connectivity index (χ0v) is 23.7. The largest absolute Gasteiger partial charge is 0.505 e. The summed E-state index contributed by atoms with van der Waals surface area (Å²) < 4.78 is 73.8. The van der Waals surface area contributed by atoms with Gasteiger partial charge in [0.25, 0.3) is 20.2 Å². The predicted octanol–water partition coefficient (Wildman–Crippen LogP) is 2.21. The van der Waals surface area contributed by atoms with Crippen molar-refractivity contribution < 1.29 is 45.7 Å². The van der Waals surface area contributed by atoms with Gasteiger partial charge in [-0.15, -0.1) is 10.2 Å². The van der Waals surface area contributed by atoms with E-state index >= 15 is 0 Å². The number of benzene rings is 3. The molecule has 0 spiro atoms. The average molecular weight is 648 g/mol. The number of anilines is 3. The molecule has 1 aliphatic heterocycles. The Labute approximate surface area is 247 Å². The number of phenolic OH excluding ortho intramolecular Hbond substituents is 1. The van der Waals surface area contributed by atoms with Crippen LogP contribution in [-0.4, -0.2) is 83.4 Å². The molecule has 0 aliphatic carbocycles. The number of phenols is 1. The summed E-state index contributed by atoms with van der Waals surface area (Å²) in [6, 6.07) is 7.72. The molecule has 2 heterocycles. The van der Waals surface area contributed by atoms with Gasteiger partial charge in [0.2, 0.25) is 11.9 Å². The third kappa shape index (κ3) is 6.33. The van der Waals surface area contributed by atoms with E-state index in [0.717, 1.165) is 18.2 Å². The van der Waals surface area contributed by atoms with Gasteiger partial charge < -0.3 is 25.2 Å². The number of fused-ring (bicyclic) bond motifs is 1. The maximum absolute atomic E-state index is 12.4. The molecule has 1 fully saturated rings. The van der Waals surface area contributed by atoms with Crippen molar-refractivity contribution in [3.63, 3.8) is 0 Å². The summed E-state index contributed by atoms with van der Waals surface area (Å²) in [6.45, 7) is 1.42. The van der Waals surface area contributed by atoms with E-state index in [1.807, 2.05) is 0 Å². The second kappa shape index (κ2) is 11.6. The Morgan fingerprint density at radius 1 is 1.00 bits per heavy atom. The molecule has 6 N–H and O–H groups in total. The Kier molecular flexibility index (Phi) is 8.01. The minimum absolute atomic E-state index is 0.000688. The summed E-state index contributed by atoms with van der Waals surface area (Å²) in [4.78, 5) is 34.2. The molecule has 1 saturated heterocycles. The first-order valence-electron chi connectivity index (χ1n) is 12.3. The molecule has 1 aromatic heterocycles. The van der Waals surface area contributed by atoms with E-state index in [9.17, 15) is 45.7 Å². The molecule has 0 atom stereocenters. The number of aromatic nitrogens is 3. The second-order valence-electron chi connectivity index (χ2n) is 9.14. The Morgan fingerprint density at radius 2 is 1.70 bits per heavy atom. The van der Waals surface area contributed by atoms with Gasteiger partial charge in [0, 0.05) is 18.5 Å². The van der Waals surface area contributed by atoms with Crippen LogP contribution in [0.4, 0.5) is 29.0 Å². The van der Waals surface area contributed by atoms with Gasteiger partial charge in [-0.3, -0.25) is 14.1 Å². The summed E-state index contributed by atoms with van der Waals surface area (Å²) in [5.74, 6) is -2.62. The van der Waals surface area contributed by atoms with Crippen LogP contribution in [0, 0.1) is 0 Å². The minimum Gasteiger partial charge on any atom is -0.505 e. The first-order chi connectivity index (χ1) is 20.7. The van der Waals surface area contributed by atoms with Crippen LogP contribution in [0.2, 0.25) is 0 Å². The fraction of sp³-hybridized carbons (Fsp3) is 0.167. The number of aromatic amines is 1. The molecule has 1 aliphatic rings. The number of carbonyl (C=O) groups is 1. The van der Waals surface area contributed by atoms with Crippen LogP contribution >= 0.6 is 0 Å². The highest BCUT2D eigenvalue weighted by molar-refractivity contribution is 7.86. The minimum atomic E-state index is -5.17. The fourth-order valence-corrected chi connectivity index (χ4v) is 5.51. The lowest BCUT2D eigenvalue weighted by atomic mass is 10.1. The van der Waals surface area contributed by atoms with Crippen molar-refractivity contribution in [1.29, 1.82) is 0 Å². The number of nitrogens with zero attached hydrogens (tertiary/aromatic N) is 5. The number of rotatable bonds is 8. The highest BCUT2D eigenvalue weighted by Crippen LogP contribution is 2.45. The molecule has 4 aromatic rings. The van der Waals surface area contributed by atoms with Crippen LogP contribution in [0.1, 0.15) is 10.4 Å². The van der Waals surface area contributed by atoms with Crippen molar-refractivity contribution >= 4 is 65.9 Å². The number of nitrogens with one attached hydrogen (secondary N) is 2. The third-order valence-corrected chi connectivity index (χ3v) is 7.98. The highest BCUT2D eigenvalue weighted by atomic mass is 32.2. The quantitative estimate of drug-likeness (QED) is 0.118. The maximum atomic E-state index is 12.4. The van der Waals surface area contributed by atoms with E-state index < -0.39 is 53.1 Å². The van der Waals surface area contributed by atoms with E-state index in [2.05, 4.69) is 30.5 Å². The zero-order chi connectivity index (χ0) is 31.8. The summed E-state index contributed by atoms with van der Waals surface area (Å²) in [7, 11) is -10.1. The van der Waals surface area contributed by atoms with E-state index in [-0.39, 0.29) is 39.6 Å². The summed E-state index contributed by atoms with van der Waals surface area (Å²) in [5, 5.41) is 30.2. The van der Waals surface area contributed by atoms with Gasteiger partial charge in [0.15, 0.2) is 5.75 Å². The number of aromatic hydroxyl groups is 1. The summed E-state index contributed by atoms with van der Waals surface area (Å²) in [5.41, 5.74) is -2.54. The number of carboxylic acids is 1. The van der Waals surface area contributed by atoms with Crippen LogP contribution in [-0.2, 0) is 25.0 Å². The number of H-pyrrole nitrogens is 1. The van der Waals surface area contributed by atoms with Gasteiger partial charge >= 0.3 is 11.7 Å². The normalized spacial score (nSPS) is 14.3. The molecule has 230 valence electrons. The number of hydrogen-bond acceptors (Lipinski definition) is 14. The monoisotopic (exact) mass is 647 g/mol. The molecule has 0 radical (unpaired) electrons. The molecule has 0 unspecified atom stereocenters. The van der Waals surface area contributed by atoms with Gasteiger partial charge in [-0.25, -0.2) is 9.59 Å². The smallest absolute Gasteiger partial charge is 0.351 e. The molecule has 0 saturated carbocycles. The van der Waals surface area contributed by atoms with Crippen molar-refractivity contribution in [1.82, 2.24) is 15.0 Å². The number of morpholine rings is 1. The average Bonchev–Trinajstić information content (AvgIpc) is 2.95. The molecule has 3 aromatic carbocycles. The van der Waals surface area contributed by atoms with Crippen molar-refractivity contribution in [3.05, 3.63) is 58.5 Å². The molecule has 0 amide bonds. The topological polar surface area (TPSA) is 274 Å². The van der Waals surface area contributed by atoms with Gasteiger partial charge in [0.05, 0.1) is 29.4 Å². The Balaban J connectivity index is 1.74. The molecule has 0 bridgehead atoms. The lowest BCUT2D eigenvalue weighted by Crippen LogP contribution is -2.38. The van der Waals surface area contributed by atoms with Gasteiger partial charge in [-0.2, -0.15) is 26.8 Å². The third-order valence-electron chi connectivity index (χ3n) is 6.28. The molecule has 5 rings (SSSR count). The number of aromatic carboxylic acids is 1. The Hall–Kier alpha value is -5.02. The molecular weight excluding hydrogens is 626 g/mol. The fourth-order valence-electron chi connectivity index (χ4n) is 4.31. The number of azo groups is 1. The molecule has 20 heteroatoms.